The van der Waals surface area contributed by atoms with Crippen molar-refractivity contribution >= 4 is 12.6 Å². The van der Waals surface area contributed by atoms with E-state index >= 15 is 0 Å². The van der Waals surface area contributed by atoms with Crippen LogP contribution >= 0.6 is 0 Å². The molecular weight excluding hydrogens is 291 g/mol. The molecule has 23 heavy (non-hydrogen) atoms. The van der Waals surface area contributed by atoms with Crippen molar-refractivity contribution in [2.75, 3.05) is 0 Å². The van der Waals surface area contributed by atoms with Gasteiger partial charge in [0.25, 0.3) is 0 Å². The van der Waals surface area contributed by atoms with Crippen molar-refractivity contribution < 1.29 is 9.31 Å². The van der Waals surface area contributed by atoms with E-state index in [0.29, 0.717) is 6.54 Å². The van der Waals surface area contributed by atoms with Gasteiger partial charge in [-0.1, -0.05) is 24.3 Å². The number of rotatable bonds is 3. The Morgan fingerprint density at radius 3 is 2.39 bits per heavy atom. The number of benzene rings is 1. The Morgan fingerprint density at radius 1 is 1.09 bits per heavy atom. The van der Waals surface area contributed by atoms with E-state index in [9.17, 15) is 4.79 Å². The van der Waals surface area contributed by atoms with Crippen LogP contribution in [0.1, 0.15) is 33.3 Å². The molecule has 1 aromatic heterocycles. The van der Waals surface area contributed by atoms with Gasteiger partial charge in [0, 0.05) is 12.4 Å². The lowest BCUT2D eigenvalue weighted by Crippen LogP contribution is -2.41. The SMILES string of the molecule is CC1(C)OB(c2ccccc2Cn2cccnc2=O)OC1(C)C. The molecule has 0 bridgehead atoms. The molecule has 1 aliphatic rings. The van der Waals surface area contributed by atoms with Crippen LogP contribution in [0.4, 0.5) is 0 Å². The molecule has 6 heteroatoms. The maximum absolute atomic E-state index is 11.9. The first kappa shape index (κ1) is 16.0. The van der Waals surface area contributed by atoms with Crippen molar-refractivity contribution in [3.63, 3.8) is 0 Å². The minimum Gasteiger partial charge on any atom is -0.399 e. The maximum Gasteiger partial charge on any atom is 0.495 e. The first-order valence-corrected chi connectivity index (χ1v) is 7.75. The highest BCUT2D eigenvalue weighted by Gasteiger charge is 2.52. The summed E-state index contributed by atoms with van der Waals surface area (Å²) in [5, 5.41) is 0. The average Bonchev–Trinajstić information content (AvgIpc) is 2.70. The smallest absolute Gasteiger partial charge is 0.399 e. The Hall–Kier alpha value is -1.92. The molecule has 0 spiro atoms. The summed E-state index contributed by atoms with van der Waals surface area (Å²) in [7, 11) is -0.441. The predicted molar refractivity (Wildman–Crippen MR) is 89.8 cm³/mol. The van der Waals surface area contributed by atoms with Crippen LogP contribution in [-0.4, -0.2) is 27.9 Å². The Bertz CT molecular complexity index is 754. The lowest BCUT2D eigenvalue weighted by atomic mass is 9.76. The lowest BCUT2D eigenvalue weighted by Gasteiger charge is -2.32. The van der Waals surface area contributed by atoms with E-state index in [1.807, 2.05) is 52.0 Å². The molecule has 1 aliphatic heterocycles. The molecule has 2 aromatic rings. The molecule has 2 heterocycles. The highest BCUT2D eigenvalue weighted by Crippen LogP contribution is 2.36. The molecule has 120 valence electrons. The molecule has 0 unspecified atom stereocenters. The molecule has 0 radical (unpaired) electrons. The summed E-state index contributed by atoms with van der Waals surface area (Å²) < 4.78 is 13.8. The monoisotopic (exact) mass is 312 g/mol. The van der Waals surface area contributed by atoms with Gasteiger partial charge in [-0.3, -0.25) is 4.57 Å². The first-order valence-electron chi connectivity index (χ1n) is 7.75. The first-order chi connectivity index (χ1) is 10.8. The van der Waals surface area contributed by atoms with Crippen LogP contribution in [0.15, 0.2) is 47.5 Å². The molecule has 0 amide bonds. The molecule has 0 N–H and O–H groups in total. The lowest BCUT2D eigenvalue weighted by molar-refractivity contribution is 0.00578. The van der Waals surface area contributed by atoms with Crippen molar-refractivity contribution in [1.29, 1.82) is 0 Å². The topological polar surface area (TPSA) is 53.4 Å². The highest BCUT2D eigenvalue weighted by atomic mass is 16.7. The summed E-state index contributed by atoms with van der Waals surface area (Å²) in [5.41, 5.74) is 0.880. The summed E-state index contributed by atoms with van der Waals surface area (Å²) >= 11 is 0. The predicted octanol–water partition coefficient (Wildman–Crippen LogP) is 1.59. The third kappa shape index (κ3) is 2.96. The van der Waals surface area contributed by atoms with Crippen molar-refractivity contribution in [3.05, 3.63) is 58.8 Å². The normalized spacial score (nSPS) is 19.0. The minimum absolute atomic E-state index is 0.267. The fourth-order valence-corrected chi connectivity index (χ4v) is 2.57. The number of hydrogen-bond acceptors (Lipinski definition) is 4. The van der Waals surface area contributed by atoms with Crippen LogP contribution in [0.5, 0.6) is 0 Å². The average molecular weight is 312 g/mol. The Balaban J connectivity index is 1.94. The van der Waals surface area contributed by atoms with Gasteiger partial charge in [0.2, 0.25) is 0 Å². The third-order valence-electron chi connectivity index (χ3n) is 4.69. The third-order valence-corrected chi connectivity index (χ3v) is 4.69. The van der Waals surface area contributed by atoms with E-state index in [1.54, 1.807) is 16.8 Å². The molecule has 0 saturated carbocycles. The van der Waals surface area contributed by atoms with Crippen LogP contribution in [0.25, 0.3) is 0 Å². The molecule has 1 aromatic carbocycles. The zero-order valence-electron chi connectivity index (χ0n) is 13.9. The van der Waals surface area contributed by atoms with Crippen molar-refractivity contribution in [2.24, 2.45) is 0 Å². The second-order valence-electron chi connectivity index (χ2n) is 6.82. The van der Waals surface area contributed by atoms with Gasteiger partial charge in [-0.25, -0.2) is 9.78 Å². The van der Waals surface area contributed by atoms with Gasteiger partial charge in [-0.05, 0) is 44.8 Å². The van der Waals surface area contributed by atoms with E-state index < -0.39 is 18.3 Å². The van der Waals surface area contributed by atoms with E-state index in [0.717, 1.165) is 11.0 Å². The van der Waals surface area contributed by atoms with Crippen LogP contribution in [0.2, 0.25) is 0 Å². The molecule has 0 aliphatic carbocycles. The number of hydrogen-bond donors (Lipinski definition) is 0. The zero-order valence-corrected chi connectivity index (χ0v) is 13.9. The van der Waals surface area contributed by atoms with E-state index in [2.05, 4.69) is 4.98 Å². The minimum atomic E-state index is -0.441. The quantitative estimate of drug-likeness (QED) is 0.808. The van der Waals surface area contributed by atoms with E-state index in [4.69, 9.17) is 9.31 Å². The van der Waals surface area contributed by atoms with Gasteiger partial charge in [0.15, 0.2) is 0 Å². The van der Waals surface area contributed by atoms with Gasteiger partial charge >= 0.3 is 12.8 Å². The number of aromatic nitrogens is 2. The van der Waals surface area contributed by atoms with E-state index in [1.165, 1.54) is 6.20 Å². The van der Waals surface area contributed by atoms with E-state index in [-0.39, 0.29) is 5.69 Å². The Kier molecular flexibility index (Phi) is 3.90. The van der Waals surface area contributed by atoms with Gasteiger partial charge in [-0.15, -0.1) is 0 Å². The highest BCUT2D eigenvalue weighted by molar-refractivity contribution is 6.62. The van der Waals surface area contributed by atoms with Gasteiger partial charge in [0.05, 0.1) is 17.7 Å². The van der Waals surface area contributed by atoms with Crippen LogP contribution < -0.4 is 11.2 Å². The maximum atomic E-state index is 11.9. The van der Waals surface area contributed by atoms with Crippen molar-refractivity contribution in [2.45, 2.75) is 45.4 Å². The van der Waals surface area contributed by atoms with Crippen molar-refractivity contribution in [1.82, 2.24) is 9.55 Å². The standard InChI is InChI=1S/C17H21BN2O3/c1-16(2)17(3,4)23-18(22-16)14-9-6-5-8-13(14)12-20-11-7-10-19-15(20)21/h5-11H,12H2,1-4H3. The van der Waals surface area contributed by atoms with Gasteiger partial charge in [0.1, 0.15) is 0 Å². The summed E-state index contributed by atoms with van der Waals surface area (Å²) in [4.78, 5) is 15.6. The second-order valence-corrected chi connectivity index (χ2v) is 6.82. The molecule has 0 atom stereocenters. The summed E-state index contributed by atoms with van der Waals surface area (Å²) in [6.45, 7) is 8.55. The Labute approximate surface area is 136 Å². The molecule has 5 nitrogen and oxygen atoms in total. The largest absolute Gasteiger partial charge is 0.495 e. The molecule has 1 saturated heterocycles. The van der Waals surface area contributed by atoms with Gasteiger partial charge < -0.3 is 9.31 Å². The summed E-state index contributed by atoms with van der Waals surface area (Å²) in [6.07, 6.45) is 3.23. The second kappa shape index (κ2) is 5.62. The van der Waals surface area contributed by atoms with Crippen LogP contribution in [0.3, 0.4) is 0 Å². The van der Waals surface area contributed by atoms with Gasteiger partial charge in [-0.2, -0.15) is 0 Å². The fraction of sp³-hybridized carbons (Fsp3) is 0.412. The fourth-order valence-electron chi connectivity index (χ4n) is 2.57. The summed E-state index contributed by atoms with van der Waals surface area (Å²) in [6, 6.07) is 9.62. The van der Waals surface area contributed by atoms with Crippen molar-refractivity contribution in [3.8, 4) is 0 Å². The van der Waals surface area contributed by atoms with Crippen LogP contribution in [-0.2, 0) is 15.9 Å². The number of nitrogens with zero attached hydrogens (tertiary/aromatic N) is 2. The molecule has 1 fully saturated rings. The summed E-state index contributed by atoms with van der Waals surface area (Å²) in [5.74, 6) is 0. The molecular formula is C17H21BN2O3. The van der Waals surface area contributed by atoms with Crippen LogP contribution in [0, 0.1) is 0 Å². The zero-order chi connectivity index (χ0) is 16.7. The Morgan fingerprint density at radius 2 is 1.74 bits per heavy atom. The molecule has 3 rings (SSSR count).